The molecule has 0 unspecified atom stereocenters. The second-order valence-corrected chi connectivity index (χ2v) is 6.90. The number of halogens is 1. The Balaban J connectivity index is 1.72. The maximum absolute atomic E-state index is 11.7. The molecule has 118 valence electrons. The number of ether oxygens (including phenoxy) is 1. The van der Waals surface area contributed by atoms with E-state index in [1.807, 2.05) is 6.07 Å². The number of carbonyl (C=O) groups is 1. The Bertz CT molecular complexity index is 543. The first-order chi connectivity index (χ1) is 10.8. The van der Waals surface area contributed by atoms with Crippen molar-refractivity contribution < 1.29 is 9.53 Å². The van der Waals surface area contributed by atoms with Crippen molar-refractivity contribution in [3.05, 3.63) is 47.7 Å². The molecular formula is C18H22BrNO2. The number of esters is 1. The van der Waals surface area contributed by atoms with E-state index in [-0.39, 0.29) is 12.1 Å². The molecule has 2 atom stereocenters. The number of fused-ring (bicyclic) bond motifs is 1. The zero-order valence-electron chi connectivity index (χ0n) is 12.7. The largest absolute Gasteiger partial charge is 0.460 e. The molecule has 2 aliphatic rings. The first kappa shape index (κ1) is 15.6. The molecule has 0 aliphatic carbocycles. The minimum absolute atomic E-state index is 0.0389. The molecule has 3 rings (SSSR count). The van der Waals surface area contributed by atoms with Crippen molar-refractivity contribution in [2.24, 2.45) is 5.92 Å². The van der Waals surface area contributed by atoms with Crippen molar-refractivity contribution in [1.29, 1.82) is 0 Å². The van der Waals surface area contributed by atoms with Gasteiger partial charge in [0.2, 0.25) is 0 Å². The molecule has 1 aromatic carbocycles. The third kappa shape index (κ3) is 3.72. The molecule has 1 fully saturated rings. The molecule has 0 N–H and O–H groups in total. The molecule has 1 saturated heterocycles. The molecule has 0 radical (unpaired) electrons. The van der Waals surface area contributed by atoms with E-state index in [0.29, 0.717) is 12.3 Å². The van der Waals surface area contributed by atoms with Gasteiger partial charge in [0.05, 0.1) is 13.0 Å². The van der Waals surface area contributed by atoms with Crippen molar-refractivity contribution in [1.82, 2.24) is 4.90 Å². The van der Waals surface area contributed by atoms with Crippen LogP contribution in [-0.2, 0) is 16.1 Å². The van der Waals surface area contributed by atoms with Gasteiger partial charge in [-0.1, -0.05) is 46.3 Å². The van der Waals surface area contributed by atoms with E-state index in [1.54, 1.807) is 0 Å². The number of carbonyl (C=O) groups excluding carboxylic acids is 1. The average Bonchev–Trinajstić information content (AvgIpc) is 2.89. The molecule has 1 aromatic rings. The fourth-order valence-electron chi connectivity index (χ4n) is 3.36. The van der Waals surface area contributed by atoms with Crippen LogP contribution < -0.4 is 0 Å². The van der Waals surface area contributed by atoms with Crippen LogP contribution in [0.4, 0.5) is 0 Å². The summed E-state index contributed by atoms with van der Waals surface area (Å²) >= 11 is 3.49. The van der Waals surface area contributed by atoms with E-state index in [1.165, 1.54) is 17.6 Å². The Morgan fingerprint density at radius 2 is 2.05 bits per heavy atom. The van der Waals surface area contributed by atoms with Crippen LogP contribution in [0.1, 0.15) is 31.2 Å². The lowest BCUT2D eigenvalue weighted by atomic mass is 9.86. The lowest BCUT2D eigenvalue weighted by molar-refractivity contribution is -0.142. The number of benzene rings is 1. The minimum Gasteiger partial charge on any atom is -0.460 e. The van der Waals surface area contributed by atoms with Crippen LogP contribution in [0.2, 0.25) is 0 Å². The fraction of sp³-hybridized carbons (Fsp3) is 0.500. The summed E-state index contributed by atoms with van der Waals surface area (Å²) in [5.74, 6) is 0.262. The lowest BCUT2D eigenvalue weighted by Crippen LogP contribution is -2.37. The molecule has 4 heteroatoms. The highest BCUT2D eigenvalue weighted by Gasteiger charge is 2.40. The summed E-state index contributed by atoms with van der Waals surface area (Å²) in [6.07, 6.45) is 6.28. The average molecular weight is 364 g/mol. The Labute approximate surface area is 140 Å². The predicted octanol–water partition coefficient (Wildman–Crippen LogP) is 3.88. The zero-order chi connectivity index (χ0) is 15.4. The molecule has 0 bridgehead atoms. The van der Waals surface area contributed by atoms with Gasteiger partial charge in [0, 0.05) is 17.8 Å². The maximum Gasteiger partial charge on any atom is 0.306 e. The van der Waals surface area contributed by atoms with Gasteiger partial charge >= 0.3 is 5.97 Å². The highest BCUT2D eigenvalue weighted by atomic mass is 79.9. The molecule has 0 saturated carbocycles. The standard InChI is InChI=1S/C18H22BrNO2/c19-9-5-4-8-15-12-20(11-14-6-2-1-3-7-14)13-17-16(15)10-18(21)22-17/h1-3,6-7,12,16-17H,4-5,8-11,13H2/t16-,17+/m1/s1. The number of nitrogens with zero attached hydrogens (tertiary/aromatic N) is 1. The molecule has 0 amide bonds. The van der Waals surface area contributed by atoms with Gasteiger partial charge in [0.15, 0.2) is 0 Å². The van der Waals surface area contributed by atoms with E-state index in [0.717, 1.165) is 31.3 Å². The molecule has 22 heavy (non-hydrogen) atoms. The zero-order valence-corrected chi connectivity index (χ0v) is 14.3. The topological polar surface area (TPSA) is 29.5 Å². The van der Waals surface area contributed by atoms with E-state index in [9.17, 15) is 4.79 Å². The normalized spacial score (nSPS) is 24.0. The van der Waals surface area contributed by atoms with E-state index >= 15 is 0 Å². The Morgan fingerprint density at radius 3 is 2.82 bits per heavy atom. The maximum atomic E-state index is 11.7. The van der Waals surface area contributed by atoms with Crippen molar-refractivity contribution >= 4 is 21.9 Å². The third-order valence-electron chi connectivity index (χ3n) is 4.43. The highest BCUT2D eigenvalue weighted by molar-refractivity contribution is 9.09. The number of hydrogen-bond acceptors (Lipinski definition) is 3. The molecule has 0 aromatic heterocycles. The molecule has 2 heterocycles. The Hall–Kier alpha value is -1.29. The van der Waals surface area contributed by atoms with Gasteiger partial charge in [-0.05, 0) is 36.6 Å². The fourth-order valence-corrected chi connectivity index (χ4v) is 3.76. The van der Waals surface area contributed by atoms with E-state index in [4.69, 9.17) is 4.74 Å². The number of rotatable bonds is 6. The number of hydrogen-bond donors (Lipinski definition) is 0. The summed E-state index contributed by atoms with van der Waals surface area (Å²) in [6.45, 7) is 1.69. The summed E-state index contributed by atoms with van der Waals surface area (Å²) in [5, 5.41) is 1.04. The van der Waals surface area contributed by atoms with E-state index in [2.05, 4.69) is 51.3 Å². The smallest absolute Gasteiger partial charge is 0.306 e. The van der Waals surface area contributed by atoms with Crippen LogP contribution in [0.3, 0.4) is 0 Å². The lowest BCUT2D eigenvalue weighted by Gasteiger charge is -2.34. The van der Waals surface area contributed by atoms with Gasteiger partial charge in [-0.2, -0.15) is 0 Å². The van der Waals surface area contributed by atoms with Gasteiger partial charge in [-0.3, -0.25) is 4.79 Å². The summed E-state index contributed by atoms with van der Waals surface area (Å²) in [6, 6.07) is 10.5. The molecule has 0 spiro atoms. The van der Waals surface area contributed by atoms with Crippen molar-refractivity contribution in [3.8, 4) is 0 Å². The van der Waals surface area contributed by atoms with Crippen molar-refractivity contribution in [2.75, 3.05) is 11.9 Å². The number of alkyl halides is 1. The Morgan fingerprint density at radius 1 is 1.23 bits per heavy atom. The van der Waals surface area contributed by atoms with Gasteiger partial charge in [-0.25, -0.2) is 0 Å². The van der Waals surface area contributed by atoms with Crippen LogP contribution >= 0.6 is 15.9 Å². The molecule has 2 aliphatic heterocycles. The van der Waals surface area contributed by atoms with E-state index < -0.39 is 0 Å². The minimum atomic E-state index is -0.0389. The second kappa shape index (κ2) is 7.32. The van der Waals surface area contributed by atoms with Crippen LogP contribution in [0.5, 0.6) is 0 Å². The van der Waals surface area contributed by atoms with Crippen molar-refractivity contribution in [3.63, 3.8) is 0 Å². The first-order valence-electron chi connectivity index (χ1n) is 8.00. The number of unbranched alkanes of at least 4 members (excludes halogenated alkanes) is 1. The van der Waals surface area contributed by atoms with Crippen LogP contribution in [0, 0.1) is 5.92 Å². The van der Waals surface area contributed by atoms with Gasteiger partial charge in [0.25, 0.3) is 0 Å². The summed E-state index contributed by atoms with van der Waals surface area (Å²) in [5.41, 5.74) is 2.68. The van der Waals surface area contributed by atoms with Gasteiger partial charge in [0.1, 0.15) is 6.10 Å². The second-order valence-electron chi connectivity index (χ2n) is 6.10. The highest BCUT2D eigenvalue weighted by Crippen LogP contribution is 2.36. The molecule has 3 nitrogen and oxygen atoms in total. The SMILES string of the molecule is O=C1C[C@@H]2C(CCCCBr)=CN(Cc3ccccc3)C[C@@H]2O1. The van der Waals surface area contributed by atoms with Crippen molar-refractivity contribution in [2.45, 2.75) is 38.3 Å². The van der Waals surface area contributed by atoms with Crippen LogP contribution in [0.15, 0.2) is 42.1 Å². The third-order valence-corrected chi connectivity index (χ3v) is 5.00. The monoisotopic (exact) mass is 363 g/mol. The quantitative estimate of drug-likeness (QED) is 0.436. The summed E-state index contributed by atoms with van der Waals surface area (Å²) in [7, 11) is 0. The Kier molecular flexibility index (Phi) is 5.19. The predicted molar refractivity (Wildman–Crippen MR) is 90.6 cm³/mol. The van der Waals surface area contributed by atoms with Crippen LogP contribution in [-0.4, -0.2) is 28.8 Å². The van der Waals surface area contributed by atoms with Gasteiger partial charge < -0.3 is 9.64 Å². The summed E-state index contributed by atoms with van der Waals surface area (Å²) in [4.78, 5) is 14.0. The molecular weight excluding hydrogens is 342 g/mol. The van der Waals surface area contributed by atoms with Gasteiger partial charge in [-0.15, -0.1) is 0 Å². The first-order valence-corrected chi connectivity index (χ1v) is 9.12. The van der Waals surface area contributed by atoms with Crippen LogP contribution in [0.25, 0.3) is 0 Å². The summed E-state index contributed by atoms with van der Waals surface area (Å²) < 4.78 is 5.54.